The number of carbonyl (C=O) groups excluding carboxylic acids is 1. The second kappa shape index (κ2) is 12.2. The Balaban J connectivity index is 1.32. The summed E-state index contributed by atoms with van der Waals surface area (Å²) in [6.07, 6.45) is 3.21. The maximum atomic E-state index is 12.0. The van der Waals surface area contributed by atoms with Gasteiger partial charge in [-0.1, -0.05) is 23.7 Å². The molecule has 1 aliphatic heterocycles. The minimum absolute atomic E-state index is 0.0250. The Kier molecular flexibility index (Phi) is 8.36. The first kappa shape index (κ1) is 26.6. The molecule has 10 nitrogen and oxygen atoms in total. The quantitative estimate of drug-likeness (QED) is 0.324. The van der Waals surface area contributed by atoms with Crippen molar-refractivity contribution in [2.24, 2.45) is 0 Å². The van der Waals surface area contributed by atoms with Crippen LogP contribution in [0.25, 0.3) is 10.9 Å². The number of anilines is 2. The van der Waals surface area contributed by atoms with Gasteiger partial charge in [0.1, 0.15) is 43.5 Å². The molecule has 2 N–H and O–H groups in total. The van der Waals surface area contributed by atoms with Crippen LogP contribution in [0.1, 0.15) is 5.69 Å². The Labute approximate surface area is 231 Å². The number of hydrogen-bond acceptors (Lipinski definition) is 9. The topological polar surface area (TPSA) is 113 Å². The summed E-state index contributed by atoms with van der Waals surface area (Å²) in [6.45, 7) is 1.94. The fraction of sp³-hybridized carbons (Fsp3) is 0.286. The van der Waals surface area contributed by atoms with Crippen LogP contribution in [0.15, 0.2) is 67.1 Å². The third-order valence-electron chi connectivity index (χ3n) is 6.62. The smallest absolute Gasteiger partial charge is 0.248 e. The second-order valence-electron chi connectivity index (χ2n) is 9.20. The van der Waals surface area contributed by atoms with Crippen molar-refractivity contribution in [2.75, 3.05) is 45.2 Å². The third-order valence-corrected chi connectivity index (χ3v) is 6.91. The van der Waals surface area contributed by atoms with Gasteiger partial charge in [0.2, 0.25) is 5.91 Å². The van der Waals surface area contributed by atoms with Crippen LogP contribution in [0.2, 0.25) is 5.02 Å². The van der Waals surface area contributed by atoms with E-state index in [9.17, 15) is 9.90 Å². The Morgan fingerprint density at radius 2 is 1.97 bits per heavy atom. The summed E-state index contributed by atoms with van der Waals surface area (Å²) in [4.78, 5) is 29.0. The number of aliphatic hydroxyl groups is 1. The van der Waals surface area contributed by atoms with Gasteiger partial charge in [0.15, 0.2) is 0 Å². The van der Waals surface area contributed by atoms with Crippen LogP contribution in [0.4, 0.5) is 11.5 Å². The predicted octanol–water partition coefficient (Wildman–Crippen LogP) is 3.51. The Morgan fingerprint density at radius 1 is 1.08 bits per heavy atom. The molecule has 0 spiro atoms. The van der Waals surface area contributed by atoms with Gasteiger partial charge in [0.25, 0.3) is 0 Å². The molecule has 4 aromatic rings. The average Bonchev–Trinajstić information content (AvgIpc) is 2.96. The molecule has 3 heterocycles. The number of ether oxygens (including phenoxy) is 2. The van der Waals surface area contributed by atoms with Crippen molar-refractivity contribution in [1.82, 2.24) is 24.8 Å². The average molecular weight is 549 g/mol. The molecule has 1 aliphatic rings. The predicted molar refractivity (Wildman–Crippen MR) is 148 cm³/mol. The zero-order valence-corrected chi connectivity index (χ0v) is 22.2. The van der Waals surface area contributed by atoms with Crippen LogP contribution in [0, 0.1) is 0 Å². The summed E-state index contributed by atoms with van der Waals surface area (Å²) in [7, 11) is 2.00. The lowest BCUT2D eigenvalue weighted by atomic mass is 10.1. The van der Waals surface area contributed by atoms with Crippen molar-refractivity contribution < 1.29 is 19.4 Å². The standard InChI is InChI=1S/C28H29ClN6O4/c1-34-11-12-35(26(37)15-36)14-21(34)17-39-25-7-4-6-23-27(25)28(32-18-31-23)33-19-8-9-24(22(29)13-19)38-16-20-5-2-3-10-30-20/h2-10,13,18,21,36H,11-12,14-17H2,1H3,(H,31,32,33)/t21-/m0/s1. The number of aromatic nitrogens is 3. The zero-order valence-electron chi connectivity index (χ0n) is 21.5. The number of hydrogen-bond donors (Lipinski definition) is 2. The molecule has 39 heavy (non-hydrogen) atoms. The van der Waals surface area contributed by atoms with Crippen LogP contribution >= 0.6 is 11.6 Å². The summed E-state index contributed by atoms with van der Waals surface area (Å²) >= 11 is 6.51. The molecule has 0 aliphatic carbocycles. The van der Waals surface area contributed by atoms with Gasteiger partial charge in [-0.3, -0.25) is 14.7 Å². The molecule has 1 saturated heterocycles. The molecule has 5 rings (SSSR count). The number of piperazine rings is 1. The summed E-state index contributed by atoms with van der Waals surface area (Å²) in [6, 6.07) is 16.7. The number of amides is 1. The van der Waals surface area contributed by atoms with E-state index < -0.39 is 6.61 Å². The van der Waals surface area contributed by atoms with E-state index in [1.165, 1.54) is 6.33 Å². The lowest BCUT2D eigenvalue weighted by molar-refractivity contribution is -0.137. The van der Waals surface area contributed by atoms with Crippen LogP contribution < -0.4 is 14.8 Å². The first-order chi connectivity index (χ1) is 19.0. The first-order valence-electron chi connectivity index (χ1n) is 12.6. The molecule has 0 radical (unpaired) electrons. The summed E-state index contributed by atoms with van der Waals surface area (Å²) in [5.41, 5.74) is 2.26. The summed E-state index contributed by atoms with van der Waals surface area (Å²) in [5.74, 6) is 1.47. The SMILES string of the molecule is CN1CCN(C(=O)CO)C[C@H]1COc1cccc2ncnc(Nc3ccc(OCc4ccccn4)c(Cl)c3)c12. The minimum Gasteiger partial charge on any atom is -0.491 e. The summed E-state index contributed by atoms with van der Waals surface area (Å²) in [5, 5.41) is 13.8. The molecule has 1 amide bonds. The highest BCUT2D eigenvalue weighted by Gasteiger charge is 2.27. The van der Waals surface area contributed by atoms with Gasteiger partial charge < -0.3 is 24.8 Å². The normalized spacial score (nSPS) is 15.8. The van der Waals surface area contributed by atoms with Crippen LogP contribution in [-0.4, -0.2) is 81.7 Å². The molecular weight excluding hydrogens is 520 g/mol. The molecule has 0 unspecified atom stereocenters. The minimum atomic E-state index is -0.492. The van der Waals surface area contributed by atoms with E-state index in [0.29, 0.717) is 55.2 Å². The fourth-order valence-electron chi connectivity index (χ4n) is 4.40. The molecule has 0 bridgehead atoms. The number of nitrogens with one attached hydrogen (secondary N) is 1. The molecule has 202 valence electrons. The van der Waals surface area contributed by atoms with Crippen LogP contribution in [-0.2, 0) is 11.4 Å². The van der Waals surface area contributed by atoms with Crippen molar-refractivity contribution in [3.05, 3.63) is 77.8 Å². The number of pyridine rings is 1. The fourth-order valence-corrected chi connectivity index (χ4v) is 4.63. The highest BCUT2D eigenvalue weighted by atomic mass is 35.5. The van der Waals surface area contributed by atoms with E-state index in [-0.39, 0.29) is 11.9 Å². The van der Waals surface area contributed by atoms with E-state index in [1.807, 2.05) is 49.5 Å². The van der Waals surface area contributed by atoms with E-state index in [1.54, 1.807) is 23.2 Å². The van der Waals surface area contributed by atoms with Crippen molar-refractivity contribution in [3.8, 4) is 11.5 Å². The number of halogens is 1. The maximum Gasteiger partial charge on any atom is 0.248 e. The van der Waals surface area contributed by atoms with Crippen LogP contribution in [0.5, 0.6) is 11.5 Å². The van der Waals surface area contributed by atoms with Gasteiger partial charge in [-0.2, -0.15) is 0 Å². The zero-order chi connectivity index (χ0) is 27.2. The largest absolute Gasteiger partial charge is 0.491 e. The Hall–Kier alpha value is -3.99. The lowest BCUT2D eigenvalue weighted by Crippen LogP contribution is -2.55. The molecule has 0 saturated carbocycles. The highest BCUT2D eigenvalue weighted by molar-refractivity contribution is 6.32. The van der Waals surface area contributed by atoms with Crippen molar-refractivity contribution in [3.63, 3.8) is 0 Å². The second-order valence-corrected chi connectivity index (χ2v) is 9.60. The molecular formula is C28H29ClN6O4. The molecule has 1 fully saturated rings. The van der Waals surface area contributed by atoms with Gasteiger partial charge >= 0.3 is 0 Å². The number of aliphatic hydroxyl groups excluding tert-OH is 1. The van der Waals surface area contributed by atoms with Gasteiger partial charge in [0, 0.05) is 31.5 Å². The number of benzene rings is 2. The summed E-state index contributed by atoms with van der Waals surface area (Å²) < 4.78 is 12.1. The highest BCUT2D eigenvalue weighted by Crippen LogP contribution is 2.34. The third kappa shape index (κ3) is 6.36. The monoisotopic (exact) mass is 548 g/mol. The van der Waals surface area contributed by atoms with Crippen LogP contribution in [0.3, 0.4) is 0 Å². The van der Waals surface area contributed by atoms with Crippen molar-refractivity contribution >= 4 is 39.9 Å². The number of rotatable bonds is 9. The molecule has 2 aromatic carbocycles. The molecule has 1 atom stereocenters. The number of nitrogens with zero attached hydrogens (tertiary/aromatic N) is 5. The number of likely N-dealkylation sites (N-methyl/N-ethyl adjacent to an activating group) is 1. The van der Waals surface area contributed by atoms with E-state index in [2.05, 4.69) is 25.2 Å². The molecule has 2 aromatic heterocycles. The Morgan fingerprint density at radius 3 is 2.77 bits per heavy atom. The van der Waals surface area contributed by atoms with E-state index >= 15 is 0 Å². The maximum absolute atomic E-state index is 12.0. The molecule has 11 heteroatoms. The van der Waals surface area contributed by atoms with Gasteiger partial charge in [-0.05, 0) is 49.5 Å². The number of fused-ring (bicyclic) bond motifs is 1. The van der Waals surface area contributed by atoms with Gasteiger partial charge in [-0.15, -0.1) is 0 Å². The number of carbonyl (C=O) groups is 1. The van der Waals surface area contributed by atoms with Crippen molar-refractivity contribution in [2.45, 2.75) is 12.6 Å². The van der Waals surface area contributed by atoms with Gasteiger partial charge in [-0.25, -0.2) is 9.97 Å². The van der Waals surface area contributed by atoms with Gasteiger partial charge in [0.05, 0.1) is 27.7 Å². The van der Waals surface area contributed by atoms with E-state index in [4.69, 9.17) is 21.1 Å². The first-order valence-corrected chi connectivity index (χ1v) is 12.9. The van der Waals surface area contributed by atoms with Crippen molar-refractivity contribution in [1.29, 1.82) is 0 Å². The van der Waals surface area contributed by atoms with E-state index in [0.717, 1.165) is 22.3 Å². The Bertz CT molecular complexity index is 1440. The lowest BCUT2D eigenvalue weighted by Gasteiger charge is -2.39.